The van der Waals surface area contributed by atoms with Crippen molar-refractivity contribution in [3.8, 4) is 28.7 Å². The van der Waals surface area contributed by atoms with Crippen molar-refractivity contribution in [3.05, 3.63) is 105 Å². The molecule has 0 bridgehead atoms. The van der Waals surface area contributed by atoms with Gasteiger partial charge in [-0.25, -0.2) is 9.07 Å². The summed E-state index contributed by atoms with van der Waals surface area (Å²) >= 11 is 6.10. The van der Waals surface area contributed by atoms with Crippen molar-refractivity contribution < 1.29 is 23.4 Å². The molecule has 5 rings (SSSR count). The van der Waals surface area contributed by atoms with E-state index in [1.54, 1.807) is 73.4 Å². The normalized spacial score (nSPS) is 11.1. The minimum Gasteiger partial charge on any atom is -0.493 e. The minimum absolute atomic E-state index is 0.0299. The Morgan fingerprint density at radius 3 is 2.42 bits per heavy atom. The van der Waals surface area contributed by atoms with Crippen LogP contribution in [0.25, 0.3) is 16.6 Å². The van der Waals surface area contributed by atoms with Crippen molar-refractivity contribution in [3.63, 3.8) is 0 Å². The molecule has 5 aromatic rings. The van der Waals surface area contributed by atoms with Gasteiger partial charge < -0.3 is 14.2 Å². The van der Waals surface area contributed by atoms with Gasteiger partial charge in [-0.2, -0.15) is 0 Å². The maximum Gasteiger partial charge on any atom is 0.282 e. The summed E-state index contributed by atoms with van der Waals surface area (Å²) in [6.45, 7) is 1.69. The monoisotopic (exact) mass is 561 g/mol. The van der Waals surface area contributed by atoms with Crippen molar-refractivity contribution in [1.82, 2.24) is 14.3 Å². The molecule has 0 unspecified atom stereocenters. The van der Waals surface area contributed by atoms with Crippen molar-refractivity contribution >= 4 is 28.3 Å². The molecule has 204 valence electrons. The molecule has 0 amide bonds. The predicted octanol–water partition coefficient (Wildman–Crippen LogP) is 6.06. The first-order chi connectivity index (χ1) is 19.2. The Bertz CT molecular complexity index is 1830. The lowest BCUT2D eigenvalue weighted by Crippen LogP contribution is -2.23. The highest BCUT2D eigenvalue weighted by molar-refractivity contribution is 6.30. The molecule has 0 radical (unpaired) electrons. The van der Waals surface area contributed by atoms with Gasteiger partial charge in [0.1, 0.15) is 11.3 Å². The smallest absolute Gasteiger partial charge is 0.282 e. The number of rotatable bonds is 8. The maximum absolute atomic E-state index is 15.2. The van der Waals surface area contributed by atoms with Gasteiger partial charge in [-0.05, 0) is 55.0 Å². The third-order valence-electron chi connectivity index (χ3n) is 6.67. The molecule has 0 aliphatic rings. The number of carbonyl (C=O) groups excluding carboxylic acids is 1. The quantitative estimate of drug-likeness (QED) is 0.214. The number of benzene rings is 3. The Labute approximate surface area is 234 Å². The van der Waals surface area contributed by atoms with Crippen molar-refractivity contribution in [2.75, 3.05) is 14.2 Å². The van der Waals surface area contributed by atoms with E-state index >= 15 is 4.39 Å². The van der Waals surface area contributed by atoms with Gasteiger partial charge in [0.2, 0.25) is 0 Å². The molecule has 40 heavy (non-hydrogen) atoms. The predicted molar refractivity (Wildman–Crippen MR) is 150 cm³/mol. The second-order valence-electron chi connectivity index (χ2n) is 9.08. The van der Waals surface area contributed by atoms with Crippen LogP contribution in [0, 0.1) is 12.7 Å². The number of nitrogens with zero attached hydrogens (tertiary/aromatic N) is 3. The molecule has 0 saturated carbocycles. The summed E-state index contributed by atoms with van der Waals surface area (Å²) in [7, 11) is 4.73. The van der Waals surface area contributed by atoms with E-state index in [1.807, 2.05) is 0 Å². The fourth-order valence-corrected chi connectivity index (χ4v) is 4.78. The summed E-state index contributed by atoms with van der Waals surface area (Å²) < 4.78 is 34.7. The van der Waals surface area contributed by atoms with Crippen LogP contribution < -0.4 is 19.8 Å². The molecule has 3 aromatic carbocycles. The van der Waals surface area contributed by atoms with Crippen LogP contribution in [0.15, 0.2) is 71.7 Å². The molecule has 2 heterocycles. The van der Waals surface area contributed by atoms with Gasteiger partial charge in [0.25, 0.3) is 5.56 Å². The molecule has 2 aromatic heterocycles. The molecule has 0 spiro atoms. The number of hydrogen-bond acceptors (Lipinski definition) is 6. The van der Waals surface area contributed by atoms with Crippen molar-refractivity contribution in [2.24, 2.45) is 7.05 Å². The van der Waals surface area contributed by atoms with Crippen molar-refractivity contribution in [1.29, 1.82) is 0 Å². The average molecular weight is 562 g/mol. The van der Waals surface area contributed by atoms with E-state index in [9.17, 15) is 9.59 Å². The third-order valence-corrected chi connectivity index (χ3v) is 6.91. The van der Waals surface area contributed by atoms with Crippen LogP contribution in [0.2, 0.25) is 5.02 Å². The molecule has 0 saturated heterocycles. The van der Waals surface area contributed by atoms with Crippen LogP contribution in [-0.4, -0.2) is 34.4 Å². The van der Waals surface area contributed by atoms with Crippen LogP contribution in [0.1, 0.15) is 21.6 Å². The summed E-state index contributed by atoms with van der Waals surface area (Å²) in [5, 5.41) is 1.07. The lowest BCUT2D eigenvalue weighted by molar-refractivity contribution is 0.0991. The summed E-state index contributed by atoms with van der Waals surface area (Å²) in [5.41, 5.74) is 1.58. The van der Waals surface area contributed by atoms with Crippen LogP contribution in [0.4, 0.5) is 4.39 Å². The first-order valence-corrected chi connectivity index (χ1v) is 12.6. The minimum atomic E-state index is -0.656. The van der Waals surface area contributed by atoms with E-state index in [1.165, 1.54) is 31.0 Å². The Balaban J connectivity index is 1.41. The zero-order chi connectivity index (χ0) is 28.6. The van der Waals surface area contributed by atoms with Gasteiger partial charge in [0.15, 0.2) is 28.8 Å². The number of hydrogen-bond donors (Lipinski definition) is 0. The fourth-order valence-electron chi connectivity index (χ4n) is 4.59. The van der Waals surface area contributed by atoms with E-state index in [0.717, 1.165) is 0 Å². The SMILES string of the molecule is COc1cc2nccc(Oc3ccc(CC(=O)c4c(C)n(C)n(-c5cccc(Cl)c5)c4=O)cc3F)c2cc1OC. The highest BCUT2D eigenvalue weighted by Gasteiger charge is 2.23. The second kappa shape index (κ2) is 10.9. The molecule has 8 nitrogen and oxygen atoms in total. The molecule has 0 atom stereocenters. The zero-order valence-electron chi connectivity index (χ0n) is 22.2. The number of halogens is 2. The second-order valence-corrected chi connectivity index (χ2v) is 9.52. The first-order valence-electron chi connectivity index (χ1n) is 12.3. The molecular formula is C30H25ClFN3O5. The summed E-state index contributed by atoms with van der Waals surface area (Å²) in [4.78, 5) is 30.8. The van der Waals surface area contributed by atoms with E-state index in [0.29, 0.717) is 50.1 Å². The number of pyridine rings is 1. The topological polar surface area (TPSA) is 84.6 Å². The number of ketones is 1. The molecule has 0 aliphatic carbocycles. The third kappa shape index (κ3) is 4.91. The van der Waals surface area contributed by atoms with Gasteiger partial charge >= 0.3 is 0 Å². The lowest BCUT2D eigenvalue weighted by atomic mass is 10.0. The van der Waals surface area contributed by atoms with Crippen LogP contribution in [0.5, 0.6) is 23.0 Å². The Hall–Kier alpha value is -4.63. The Morgan fingerprint density at radius 1 is 0.975 bits per heavy atom. The van der Waals surface area contributed by atoms with Gasteiger partial charge in [-0.15, -0.1) is 0 Å². The maximum atomic E-state index is 15.2. The zero-order valence-corrected chi connectivity index (χ0v) is 23.0. The number of aromatic nitrogens is 3. The average Bonchev–Trinajstić information content (AvgIpc) is 3.16. The van der Waals surface area contributed by atoms with E-state index in [-0.39, 0.29) is 17.7 Å². The number of methoxy groups -OCH3 is 2. The van der Waals surface area contributed by atoms with Gasteiger partial charge in [-0.3, -0.25) is 19.3 Å². The number of carbonyl (C=O) groups is 1. The summed E-state index contributed by atoms with van der Waals surface area (Å²) in [5.74, 6) is 0.249. The molecule has 0 fully saturated rings. The van der Waals surface area contributed by atoms with Gasteiger partial charge in [0, 0.05) is 41.8 Å². The Morgan fingerprint density at radius 2 is 1.73 bits per heavy atom. The largest absolute Gasteiger partial charge is 0.493 e. The molecule has 0 N–H and O–H groups in total. The van der Waals surface area contributed by atoms with Crippen LogP contribution in [0.3, 0.4) is 0 Å². The number of ether oxygens (including phenoxy) is 3. The van der Waals surface area contributed by atoms with Crippen LogP contribution >= 0.6 is 11.6 Å². The molecule has 10 heteroatoms. The first kappa shape index (κ1) is 27.0. The summed E-state index contributed by atoms with van der Waals surface area (Å²) in [6.07, 6.45) is 1.38. The molecular weight excluding hydrogens is 537 g/mol. The summed E-state index contributed by atoms with van der Waals surface area (Å²) in [6, 6.07) is 16.1. The van der Waals surface area contributed by atoms with Crippen LogP contribution in [-0.2, 0) is 13.5 Å². The van der Waals surface area contributed by atoms with Gasteiger partial charge in [0.05, 0.1) is 25.4 Å². The lowest BCUT2D eigenvalue weighted by Gasteiger charge is -2.13. The van der Waals surface area contributed by atoms with Gasteiger partial charge in [-0.1, -0.05) is 23.7 Å². The van der Waals surface area contributed by atoms with Crippen molar-refractivity contribution in [2.45, 2.75) is 13.3 Å². The van der Waals surface area contributed by atoms with E-state index in [2.05, 4.69) is 4.98 Å². The highest BCUT2D eigenvalue weighted by atomic mass is 35.5. The highest BCUT2D eigenvalue weighted by Crippen LogP contribution is 2.37. The number of Topliss-reactive ketones (excluding diaryl/α,β-unsaturated/α-hetero) is 1. The number of fused-ring (bicyclic) bond motifs is 1. The molecule has 0 aliphatic heterocycles. The Kier molecular flexibility index (Phi) is 7.32. The standard InChI is InChI=1S/C30H25ClFN3O5/c1-17-29(30(37)35(34(17)2)20-7-5-6-19(31)14-20)24(36)13-18-8-9-26(22(32)12-18)40-25-10-11-33-23-16-28(39-4)27(38-3)15-21(23)25/h5-12,14-16H,13H2,1-4H3. The fraction of sp³-hybridized carbons (Fsp3) is 0.167. The van der Waals surface area contributed by atoms with E-state index in [4.69, 9.17) is 25.8 Å². The van der Waals surface area contributed by atoms with E-state index < -0.39 is 17.2 Å².